The number of carboxylic acids is 1. The summed E-state index contributed by atoms with van der Waals surface area (Å²) in [7, 11) is 0. The summed E-state index contributed by atoms with van der Waals surface area (Å²) in [4.78, 5) is 40.9. The first-order valence-corrected chi connectivity index (χ1v) is 7.25. The molecule has 7 nitrogen and oxygen atoms in total. The van der Waals surface area contributed by atoms with Crippen LogP contribution in [0.1, 0.15) is 29.6 Å². The zero-order valence-corrected chi connectivity index (χ0v) is 12.0. The van der Waals surface area contributed by atoms with Gasteiger partial charge in [-0.05, 0) is 25.0 Å². The van der Waals surface area contributed by atoms with Gasteiger partial charge in [-0.2, -0.15) is 0 Å². The summed E-state index contributed by atoms with van der Waals surface area (Å²) >= 11 is 0. The highest BCUT2D eigenvalue weighted by molar-refractivity contribution is 5.94. The third kappa shape index (κ3) is 2.43. The van der Waals surface area contributed by atoms with Crippen LogP contribution in [0.4, 0.5) is 0 Å². The Labute approximate surface area is 127 Å². The predicted molar refractivity (Wildman–Crippen MR) is 76.0 cm³/mol. The number of likely N-dealkylation sites (tertiary alicyclic amines) is 1. The van der Waals surface area contributed by atoms with Crippen LogP contribution in [0, 0.1) is 5.92 Å². The van der Waals surface area contributed by atoms with Gasteiger partial charge in [-0.3, -0.25) is 19.4 Å². The van der Waals surface area contributed by atoms with Gasteiger partial charge in [0.15, 0.2) is 0 Å². The predicted octanol–water partition coefficient (Wildman–Crippen LogP) is 0.277. The summed E-state index contributed by atoms with van der Waals surface area (Å²) in [6, 6.07) is 3.31. The molecule has 2 saturated heterocycles. The molecule has 0 bridgehead atoms. The molecular formula is C15H17N3O4. The molecule has 1 spiro atoms. The second-order valence-corrected chi connectivity index (χ2v) is 5.83. The SMILES string of the molecule is O=C1C[C@H](C(=O)O)C2(CCN(C(=O)c3ccncc3)CC2)N1. The number of nitrogens with zero attached hydrogens (tertiary/aromatic N) is 2. The average molecular weight is 303 g/mol. The Morgan fingerprint density at radius 3 is 2.50 bits per heavy atom. The van der Waals surface area contributed by atoms with E-state index >= 15 is 0 Å². The molecule has 0 radical (unpaired) electrons. The Morgan fingerprint density at radius 2 is 1.91 bits per heavy atom. The van der Waals surface area contributed by atoms with E-state index in [0.717, 1.165) is 0 Å². The van der Waals surface area contributed by atoms with Crippen LogP contribution in [0.15, 0.2) is 24.5 Å². The first kappa shape index (κ1) is 14.5. The van der Waals surface area contributed by atoms with E-state index in [1.807, 2.05) is 0 Å². The molecule has 3 heterocycles. The molecule has 2 fully saturated rings. The van der Waals surface area contributed by atoms with Gasteiger partial charge in [-0.15, -0.1) is 0 Å². The van der Waals surface area contributed by atoms with Crippen LogP contribution in [-0.4, -0.2) is 51.4 Å². The number of amides is 2. The third-order valence-electron chi connectivity index (χ3n) is 4.61. The fraction of sp³-hybridized carbons (Fsp3) is 0.467. The van der Waals surface area contributed by atoms with E-state index in [0.29, 0.717) is 31.5 Å². The van der Waals surface area contributed by atoms with Crippen molar-refractivity contribution in [1.82, 2.24) is 15.2 Å². The smallest absolute Gasteiger partial charge is 0.309 e. The lowest BCUT2D eigenvalue weighted by Crippen LogP contribution is -2.56. The minimum absolute atomic E-state index is 0.0215. The van der Waals surface area contributed by atoms with Crippen molar-refractivity contribution in [3.63, 3.8) is 0 Å². The van der Waals surface area contributed by atoms with Gasteiger partial charge in [0.1, 0.15) is 0 Å². The van der Waals surface area contributed by atoms with Crippen molar-refractivity contribution in [3.8, 4) is 0 Å². The largest absolute Gasteiger partial charge is 0.481 e. The van der Waals surface area contributed by atoms with Crippen LogP contribution >= 0.6 is 0 Å². The van der Waals surface area contributed by atoms with Gasteiger partial charge >= 0.3 is 5.97 Å². The number of pyridine rings is 1. The quantitative estimate of drug-likeness (QED) is 0.817. The second-order valence-electron chi connectivity index (χ2n) is 5.83. The van der Waals surface area contributed by atoms with E-state index in [2.05, 4.69) is 10.3 Å². The summed E-state index contributed by atoms with van der Waals surface area (Å²) in [6.07, 6.45) is 4.08. The molecule has 2 amide bonds. The lowest BCUT2D eigenvalue weighted by atomic mass is 9.77. The molecule has 1 atom stereocenters. The van der Waals surface area contributed by atoms with Gasteiger partial charge in [0.2, 0.25) is 5.91 Å². The zero-order valence-electron chi connectivity index (χ0n) is 12.0. The standard InChI is InChI=1S/C15H17N3O4/c19-12-9-11(14(21)22)15(17-12)3-7-18(8-4-15)13(20)10-1-5-16-6-2-10/h1-2,5-6,11H,3-4,7-9H2,(H,17,19)(H,21,22)/t11-/m1/s1. The maximum absolute atomic E-state index is 12.4. The number of hydrogen-bond donors (Lipinski definition) is 2. The summed E-state index contributed by atoms with van der Waals surface area (Å²) in [5.41, 5.74) is -0.144. The molecule has 0 aromatic carbocycles. The van der Waals surface area contributed by atoms with Gasteiger partial charge in [-0.1, -0.05) is 0 Å². The normalized spacial score (nSPS) is 23.4. The molecule has 2 aliphatic heterocycles. The van der Waals surface area contributed by atoms with Gasteiger partial charge in [0, 0.05) is 37.5 Å². The van der Waals surface area contributed by atoms with Gasteiger partial charge in [-0.25, -0.2) is 0 Å². The van der Waals surface area contributed by atoms with Crippen molar-refractivity contribution in [2.24, 2.45) is 5.92 Å². The van der Waals surface area contributed by atoms with Crippen molar-refractivity contribution in [1.29, 1.82) is 0 Å². The van der Waals surface area contributed by atoms with Crippen molar-refractivity contribution in [3.05, 3.63) is 30.1 Å². The van der Waals surface area contributed by atoms with Gasteiger partial charge in [0.25, 0.3) is 5.91 Å². The van der Waals surface area contributed by atoms with Crippen LogP contribution in [-0.2, 0) is 9.59 Å². The molecule has 116 valence electrons. The Bertz CT molecular complexity index is 608. The highest BCUT2D eigenvalue weighted by atomic mass is 16.4. The highest BCUT2D eigenvalue weighted by Crippen LogP contribution is 2.37. The topological polar surface area (TPSA) is 99.6 Å². The molecule has 7 heteroatoms. The van der Waals surface area contributed by atoms with Crippen molar-refractivity contribution < 1.29 is 19.5 Å². The molecule has 22 heavy (non-hydrogen) atoms. The molecule has 1 aromatic rings. The lowest BCUT2D eigenvalue weighted by molar-refractivity contribution is -0.144. The molecule has 1 aromatic heterocycles. The Morgan fingerprint density at radius 1 is 1.27 bits per heavy atom. The first-order valence-electron chi connectivity index (χ1n) is 7.25. The molecule has 0 aliphatic carbocycles. The molecule has 2 N–H and O–H groups in total. The second kappa shape index (κ2) is 5.40. The number of carboxylic acid groups (broad SMARTS) is 1. The molecular weight excluding hydrogens is 286 g/mol. The number of rotatable bonds is 2. The number of nitrogens with one attached hydrogen (secondary N) is 1. The van der Waals surface area contributed by atoms with Crippen LogP contribution < -0.4 is 5.32 Å². The fourth-order valence-corrected chi connectivity index (χ4v) is 3.38. The number of hydrogen-bond acceptors (Lipinski definition) is 4. The van der Waals surface area contributed by atoms with Crippen molar-refractivity contribution in [2.45, 2.75) is 24.8 Å². The van der Waals surface area contributed by atoms with Crippen LogP contribution in [0.5, 0.6) is 0 Å². The maximum Gasteiger partial charge on any atom is 0.309 e. The van der Waals surface area contributed by atoms with Crippen LogP contribution in [0.25, 0.3) is 0 Å². The molecule has 0 unspecified atom stereocenters. The highest BCUT2D eigenvalue weighted by Gasteiger charge is 2.51. The molecule has 2 aliphatic rings. The third-order valence-corrected chi connectivity index (χ3v) is 4.61. The van der Waals surface area contributed by atoms with Gasteiger partial charge < -0.3 is 15.3 Å². The maximum atomic E-state index is 12.4. The van der Waals surface area contributed by atoms with Crippen LogP contribution in [0.3, 0.4) is 0 Å². The minimum atomic E-state index is -0.952. The van der Waals surface area contributed by atoms with E-state index in [9.17, 15) is 19.5 Å². The summed E-state index contributed by atoms with van der Waals surface area (Å²) in [5.74, 6) is -1.97. The summed E-state index contributed by atoms with van der Waals surface area (Å²) in [6.45, 7) is 0.871. The first-order chi connectivity index (χ1) is 10.5. The number of carbonyl (C=O) groups excluding carboxylic acids is 2. The summed E-state index contributed by atoms with van der Waals surface area (Å²) < 4.78 is 0. The van der Waals surface area contributed by atoms with E-state index < -0.39 is 17.4 Å². The monoisotopic (exact) mass is 303 g/mol. The number of carbonyl (C=O) groups is 3. The van der Waals surface area contributed by atoms with Crippen LogP contribution in [0.2, 0.25) is 0 Å². The number of piperidine rings is 1. The van der Waals surface area contributed by atoms with Crippen molar-refractivity contribution >= 4 is 17.8 Å². The Kier molecular flexibility index (Phi) is 3.56. The minimum Gasteiger partial charge on any atom is -0.481 e. The van der Waals surface area contributed by atoms with E-state index in [4.69, 9.17) is 0 Å². The number of aliphatic carboxylic acids is 1. The summed E-state index contributed by atoms with van der Waals surface area (Å²) in [5, 5.41) is 12.2. The fourth-order valence-electron chi connectivity index (χ4n) is 3.38. The Balaban J connectivity index is 1.71. The van der Waals surface area contributed by atoms with Gasteiger partial charge in [0.05, 0.1) is 11.5 Å². The lowest BCUT2D eigenvalue weighted by Gasteiger charge is -2.41. The molecule has 3 rings (SSSR count). The Hall–Kier alpha value is -2.44. The average Bonchev–Trinajstić information content (AvgIpc) is 2.85. The number of aromatic nitrogens is 1. The van der Waals surface area contributed by atoms with Crippen molar-refractivity contribution in [2.75, 3.05) is 13.1 Å². The van der Waals surface area contributed by atoms with E-state index in [1.165, 1.54) is 0 Å². The van der Waals surface area contributed by atoms with E-state index in [1.54, 1.807) is 29.4 Å². The van der Waals surface area contributed by atoms with E-state index in [-0.39, 0.29) is 18.2 Å². The zero-order chi connectivity index (χ0) is 15.7. The molecule has 0 saturated carbocycles.